The van der Waals surface area contributed by atoms with Gasteiger partial charge in [-0.15, -0.1) is 0 Å². The summed E-state index contributed by atoms with van der Waals surface area (Å²) in [5, 5.41) is 2.83. The molecule has 1 saturated carbocycles. The molecule has 0 unspecified atom stereocenters. The molecule has 1 aliphatic carbocycles. The minimum Gasteiger partial charge on any atom is -0.466 e. The molecular weight excluding hydrogens is 287 g/mol. The van der Waals surface area contributed by atoms with Gasteiger partial charge < -0.3 is 10.1 Å². The quantitative estimate of drug-likeness (QED) is 0.873. The Morgan fingerprint density at radius 1 is 1.32 bits per heavy atom. The van der Waals surface area contributed by atoms with Crippen LogP contribution in [0.4, 0.5) is 9.18 Å². The first-order chi connectivity index (χ1) is 10.5. The number of ether oxygens (including phenoxy) is 1. The molecule has 1 heterocycles. The van der Waals surface area contributed by atoms with Crippen LogP contribution in [0.2, 0.25) is 0 Å². The van der Waals surface area contributed by atoms with Crippen molar-refractivity contribution in [2.24, 2.45) is 0 Å². The van der Waals surface area contributed by atoms with Crippen molar-refractivity contribution in [2.45, 2.75) is 31.8 Å². The van der Waals surface area contributed by atoms with E-state index in [-0.39, 0.29) is 17.9 Å². The molecule has 0 bridgehead atoms. The van der Waals surface area contributed by atoms with E-state index in [4.69, 9.17) is 4.74 Å². The van der Waals surface area contributed by atoms with Crippen LogP contribution in [0.25, 0.3) is 0 Å². The predicted molar refractivity (Wildman–Crippen MR) is 77.2 cm³/mol. The Morgan fingerprint density at radius 2 is 1.95 bits per heavy atom. The van der Waals surface area contributed by atoms with Gasteiger partial charge in [-0.1, -0.05) is 12.1 Å². The SMILES string of the molecule is COC(=O)C1=C(C)N(C2CC2)C(=O)N[C@H]1c1ccc(F)cc1. The van der Waals surface area contributed by atoms with Crippen molar-refractivity contribution >= 4 is 12.0 Å². The smallest absolute Gasteiger partial charge is 0.337 e. The molecule has 1 fully saturated rings. The summed E-state index contributed by atoms with van der Waals surface area (Å²) >= 11 is 0. The lowest BCUT2D eigenvalue weighted by molar-refractivity contribution is -0.136. The number of carbonyl (C=O) groups is 2. The van der Waals surface area contributed by atoms with Crippen molar-refractivity contribution in [2.75, 3.05) is 7.11 Å². The number of carbonyl (C=O) groups excluding carboxylic acids is 2. The summed E-state index contributed by atoms with van der Waals surface area (Å²) in [7, 11) is 1.31. The van der Waals surface area contributed by atoms with Crippen LogP contribution in [0.3, 0.4) is 0 Å². The second-order valence-corrected chi connectivity index (χ2v) is 5.53. The molecule has 0 radical (unpaired) electrons. The second kappa shape index (κ2) is 5.44. The molecule has 1 atom stereocenters. The molecule has 1 aromatic rings. The minimum atomic E-state index is -0.629. The van der Waals surface area contributed by atoms with Crippen LogP contribution in [0.15, 0.2) is 35.5 Å². The Bertz CT molecular complexity index is 650. The molecular formula is C16H17FN2O3. The molecule has 0 spiro atoms. The van der Waals surface area contributed by atoms with Gasteiger partial charge in [0.2, 0.25) is 0 Å². The third kappa shape index (κ3) is 2.45. The van der Waals surface area contributed by atoms with Crippen molar-refractivity contribution in [3.8, 4) is 0 Å². The zero-order valence-corrected chi connectivity index (χ0v) is 12.4. The topological polar surface area (TPSA) is 58.6 Å². The number of nitrogens with zero attached hydrogens (tertiary/aromatic N) is 1. The molecule has 3 rings (SSSR count). The number of benzene rings is 1. The monoisotopic (exact) mass is 304 g/mol. The van der Waals surface area contributed by atoms with E-state index in [2.05, 4.69) is 5.32 Å². The van der Waals surface area contributed by atoms with Gasteiger partial charge in [-0.05, 0) is 37.5 Å². The number of methoxy groups -OCH3 is 1. The first kappa shape index (κ1) is 14.6. The van der Waals surface area contributed by atoms with E-state index < -0.39 is 12.0 Å². The third-order valence-corrected chi connectivity index (χ3v) is 4.05. The van der Waals surface area contributed by atoms with Gasteiger partial charge in [0, 0.05) is 11.7 Å². The number of hydrogen-bond acceptors (Lipinski definition) is 3. The Labute approximate surface area is 127 Å². The van der Waals surface area contributed by atoms with E-state index in [0.29, 0.717) is 16.8 Å². The summed E-state index contributed by atoms with van der Waals surface area (Å²) in [6, 6.07) is 5.01. The van der Waals surface area contributed by atoms with Crippen molar-refractivity contribution in [3.05, 3.63) is 46.9 Å². The van der Waals surface area contributed by atoms with Crippen LogP contribution in [-0.4, -0.2) is 30.1 Å². The lowest BCUT2D eigenvalue weighted by Crippen LogP contribution is -2.48. The van der Waals surface area contributed by atoms with Gasteiger partial charge in [-0.2, -0.15) is 0 Å². The molecule has 0 aromatic heterocycles. The number of hydrogen-bond donors (Lipinski definition) is 1. The van der Waals surface area contributed by atoms with Gasteiger partial charge >= 0.3 is 12.0 Å². The average molecular weight is 304 g/mol. The fourth-order valence-electron chi connectivity index (χ4n) is 2.81. The Hall–Kier alpha value is -2.37. The van der Waals surface area contributed by atoms with Crippen molar-refractivity contribution in [1.29, 1.82) is 0 Å². The maximum atomic E-state index is 13.1. The van der Waals surface area contributed by atoms with Crippen LogP contribution < -0.4 is 5.32 Å². The van der Waals surface area contributed by atoms with E-state index >= 15 is 0 Å². The molecule has 22 heavy (non-hydrogen) atoms. The van der Waals surface area contributed by atoms with Crippen LogP contribution in [0, 0.1) is 5.82 Å². The highest BCUT2D eigenvalue weighted by atomic mass is 19.1. The maximum Gasteiger partial charge on any atom is 0.337 e. The van der Waals surface area contributed by atoms with Crippen LogP contribution in [0.5, 0.6) is 0 Å². The lowest BCUT2D eigenvalue weighted by atomic mass is 9.95. The van der Waals surface area contributed by atoms with Crippen molar-refractivity contribution in [1.82, 2.24) is 10.2 Å². The van der Waals surface area contributed by atoms with Gasteiger partial charge in [-0.25, -0.2) is 14.0 Å². The molecule has 0 saturated heterocycles. The number of urea groups is 1. The highest BCUT2D eigenvalue weighted by molar-refractivity contribution is 5.95. The van der Waals surface area contributed by atoms with E-state index in [1.165, 1.54) is 19.2 Å². The number of halogens is 1. The van der Waals surface area contributed by atoms with Crippen molar-refractivity contribution in [3.63, 3.8) is 0 Å². The Kier molecular flexibility index (Phi) is 3.60. The van der Waals surface area contributed by atoms with Gasteiger partial charge in [0.25, 0.3) is 0 Å². The molecule has 1 aliphatic heterocycles. The molecule has 2 amide bonds. The van der Waals surface area contributed by atoms with E-state index in [0.717, 1.165) is 12.8 Å². The van der Waals surface area contributed by atoms with Gasteiger partial charge in [-0.3, -0.25) is 4.90 Å². The number of rotatable bonds is 3. The summed E-state index contributed by atoms with van der Waals surface area (Å²) in [4.78, 5) is 26.2. The van der Waals surface area contributed by atoms with Gasteiger partial charge in [0.15, 0.2) is 0 Å². The minimum absolute atomic E-state index is 0.147. The molecule has 2 aliphatic rings. The lowest BCUT2D eigenvalue weighted by Gasteiger charge is -2.35. The summed E-state index contributed by atoms with van der Waals surface area (Å²) in [6.07, 6.45) is 1.86. The standard InChI is InChI=1S/C16H17FN2O3/c1-9-13(15(20)22-2)14(10-3-5-11(17)6-4-10)18-16(21)19(9)12-7-8-12/h3-6,12,14H,7-8H2,1-2H3,(H,18,21)/t14-/m0/s1. The largest absolute Gasteiger partial charge is 0.466 e. The fourth-order valence-corrected chi connectivity index (χ4v) is 2.81. The number of allylic oxidation sites excluding steroid dienone is 1. The summed E-state index contributed by atoms with van der Waals surface area (Å²) < 4.78 is 18.0. The molecule has 5 nitrogen and oxygen atoms in total. The van der Waals surface area contributed by atoms with Crippen LogP contribution >= 0.6 is 0 Å². The number of esters is 1. The third-order valence-electron chi connectivity index (χ3n) is 4.05. The average Bonchev–Trinajstić information content (AvgIpc) is 3.31. The summed E-state index contributed by atoms with van der Waals surface area (Å²) in [5.74, 6) is -0.858. The highest BCUT2D eigenvalue weighted by Crippen LogP contribution is 2.37. The summed E-state index contributed by atoms with van der Waals surface area (Å²) in [5.41, 5.74) is 1.64. The predicted octanol–water partition coefficient (Wildman–Crippen LogP) is 2.50. The first-order valence-electron chi connectivity index (χ1n) is 7.17. The second-order valence-electron chi connectivity index (χ2n) is 5.53. The van der Waals surface area contributed by atoms with E-state index in [9.17, 15) is 14.0 Å². The molecule has 1 aromatic carbocycles. The van der Waals surface area contributed by atoms with E-state index in [1.807, 2.05) is 0 Å². The summed E-state index contributed by atoms with van der Waals surface area (Å²) in [6.45, 7) is 1.75. The van der Waals surface area contributed by atoms with Crippen LogP contribution in [0.1, 0.15) is 31.4 Å². The normalized spacial score (nSPS) is 21.7. The maximum absolute atomic E-state index is 13.1. The Balaban J connectivity index is 2.06. The highest BCUT2D eigenvalue weighted by Gasteiger charge is 2.42. The molecule has 6 heteroatoms. The zero-order chi connectivity index (χ0) is 15.9. The van der Waals surface area contributed by atoms with E-state index in [1.54, 1.807) is 24.0 Å². The van der Waals surface area contributed by atoms with Gasteiger partial charge in [0.05, 0.1) is 18.7 Å². The molecule has 116 valence electrons. The molecule has 1 N–H and O–H groups in total. The van der Waals surface area contributed by atoms with Crippen LogP contribution in [-0.2, 0) is 9.53 Å². The van der Waals surface area contributed by atoms with Crippen molar-refractivity contribution < 1.29 is 18.7 Å². The fraction of sp³-hybridized carbons (Fsp3) is 0.375. The Morgan fingerprint density at radius 3 is 2.50 bits per heavy atom. The first-order valence-corrected chi connectivity index (χ1v) is 7.17. The number of nitrogens with one attached hydrogen (secondary N) is 1. The zero-order valence-electron chi connectivity index (χ0n) is 12.4. The number of amides is 2. The van der Waals surface area contributed by atoms with Gasteiger partial charge in [0.1, 0.15) is 5.82 Å².